The summed E-state index contributed by atoms with van der Waals surface area (Å²) in [6, 6.07) is 7.09. The second-order valence-electron chi connectivity index (χ2n) is 7.28. The fourth-order valence-electron chi connectivity index (χ4n) is 3.47. The molecular formula is C22H14Cl2F3NO4S. The van der Waals surface area contributed by atoms with E-state index in [1.54, 1.807) is 0 Å². The van der Waals surface area contributed by atoms with Crippen molar-refractivity contribution in [3.8, 4) is 11.5 Å². The molecular weight excluding hydrogens is 502 g/mol. The molecule has 5 nitrogen and oxygen atoms in total. The summed E-state index contributed by atoms with van der Waals surface area (Å²) < 4.78 is 45.0. The molecule has 1 atom stereocenters. The van der Waals surface area contributed by atoms with Gasteiger partial charge in [0.2, 0.25) is 0 Å². The van der Waals surface area contributed by atoms with E-state index in [2.05, 4.69) is 4.99 Å². The molecule has 1 aromatic heterocycles. The van der Waals surface area contributed by atoms with Crippen molar-refractivity contribution in [2.75, 3.05) is 0 Å². The first kappa shape index (κ1) is 23.5. The topological polar surface area (TPSA) is 83.0 Å². The minimum absolute atomic E-state index is 0.00711. The lowest BCUT2D eigenvalue weighted by molar-refractivity contribution is -0.137. The fourth-order valence-corrected chi connectivity index (χ4v) is 5.20. The van der Waals surface area contributed by atoms with Crippen LogP contribution in [0.15, 0.2) is 55.5 Å². The molecule has 11 heteroatoms. The number of nitrogens with zero attached hydrogens (tertiary/aromatic N) is 1. The van der Waals surface area contributed by atoms with E-state index in [4.69, 9.17) is 27.6 Å². The zero-order valence-electron chi connectivity index (χ0n) is 16.7. The van der Waals surface area contributed by atoms with Crippen LogP contribution >= 0.6 is 35.0 Å². The second kappa shape index (κ2) is 8.62. The maximum absolute atomic E-state index is 13.3. The molecule has 172 valence electrons. The van der Waals surface area contributed by atoms with E-state index >= 15 is 0 Å². The summed E-state index contributed by atoms with van der Waals surface area (Å²) in [6.07, 6.45) is -4.66. The summed E-state index contributed by atoms with van der Waals surface area (Å²) in [5.41, 5.74) is -1.83. The predicted molar refractivity (Wildman–Crippen MR) is 120 cm³/mol. The van der Waals surface area contributed by atoms with Gasteiger partial charge >= 0.3 is 11.8 Å². The van der Waals surface area contributed by atoms with Crippen LogP contribution in [0.25, 0.3) is 0 Å². The monoisotopic (exact) mass is 515 g/mol. The van der Waals surface area contributed by atoms with E-state index in [0.717, 1.165) is 23.9 Å². The molecule has 33 heavy (non-hydrogen) atoms. The van der Waals surface area contributed by atoms with Gasteiger partial charge in [0.05, 0.1) is 22.0 Å². The molecule has 1 aliphatic rings. The standard InChI is InChI=1S/C22H14Cl2F3NO4S/c1-9-4-16(29)19(21(31)32-9)15-8-18(12-6-11(23)7-13(24)20(12)30)33-17-3-2-10(22(25,26)27)5-14(17)28-15/h2-7,18,29-30H,8H2,1H3. The second-order valence-corrected chi connectivity index (χ2v) is 9.37. The highest BCUT2D eigenvalue weighted by molar-refractivity contribution is 7.99. The number of rotatable bonds is 2. The molecule has 3 aromatic rings. The fraction of sp³-hybridized carbons (Fsp3) is 0.182. The van der Waals surface area contributed by atoms with Crippen molar-refractivity contribution < 1.29 is 27.8 Å². The lowest BCUT2D eigenvalue weighted by Gasteiger charge is -2.18. The normalized spacial score (nSPS) is 16.2. The number of alkyl halides is 3. The maximum Gasteiger partial charge on any atom is 0.416 e. The van der Waals surface area contributed by atoms with E-state index in [1.807, 2.05) is 0 Å². The maximum atomic E-state index is 13.3. The van der Waals surface area contributed by atoms with Crippen molar-refractivity contribution in [2.24, 2.45) is 4.99 Å². The highest BCUT2D eigenvalue weighted by Gasteiger charge is 2.33. The first-order valence-corrected chi connectivity index (χ1v) is 11.0. The van der Waals surface area contributed by atoms with Crippen LogP contribution in [0.1, 0.15) is 34.1 Å². The molecule has 0 radical (unpaired) electrons. The van der Waals surface area contributed by atoms with E-state index in [-0.39, 0.29) is 44.9 Å². The first-order valence-electron chi connectivity index (χ1n) is 9.41. The minimum Gasteiger partial charge on any atom is -0.507 e. The van der Waals surface area contributed by atoms with Crippen LogP contribution in [0, 0.1) is 6.92 Å². The van der Waals surface area contributed by atoms with Gasteiger partial charge in [-0.3, -0.25) is 4.99 Å². The Balaban J connectivity index is 1.95. The quantitative estimate of drug-likeness (QED) is 0.382. The Morgan fingerprint density at radius 3 is 2.55 bits per heavy atom. The molecule has 0 spiro atoms. The van der Waals surface area contributed by atoms with Crippen molar-refractivity contribution in [3.63, 3.8) is 0 Å². The number of phenolic OH excluding ortho intramolecular Hbond substituents is 1. The smallest absolute Gasteiger partial charge is 0.416 e. The Morgan fingerprint density at radius 2 is 1.88 bits per heavy atom. The van der Waals surface area contributed by atoms with Gasteiger partial charge in [-0.25, -0.2) is 4.79 Å². The van der Waals surface area contributed by atoms with Gasteiger partial charge in [0.1, 0.15) is 22.8 Å². The lowest BCUT2D eigenvalue weighted by atomic mass is 10.0. The number of aromatic hydroxyl groups is 2. The number of aryl methyl sites for hydroxylation is 1. The van der Waals surface area contributed by atoms with Crippen LogP contribution in [0.2, 0.25) is 10.0 Å². The largest absolute Gasteiger partial charge is 0.507 e. The molecule has 1 unspecified atom stereocenters. The van der Waals surface area contributed by atoms with Gasteiger partial charge in [-0.2, -0.15) is 13.2 Å². The summed E-state index contributed by atoms with van der Waals surface area (Å²) in [4.78, 5) is 17.2. The van der Waals surface area contributed by atoms with Crippen LogP contribution in [-0.2, 0) is 6.18 Å². The predicted octanol–water partition coefficient (Wildman–Crippen LogP) is 7.04. The zero-order chi connectivity index (χ0) is 24.1. The first-order chi connectivity index (χ1) is 15.4. The summed E-state index contributed by atoms with van der Waals surface area (Å²) in [6.45, 7) is 1.47. The van der Waals surface area contributed by atoms with Crippen molar-refractivity contribution in [2.45, 2.75) is 29.7 Å². The van der Waals surface area contributed by atoms with E-state index < -0.39 is 28.4 Å². The Hall–Kier alpha value is -2.62. The van der Waals surface area contributed by atoms with Crippen molar-refractivity contribution in [3.05, 3.63) is 79.3 Å². The van der Waals surface area contributed by atoms with Gasteiger partial charge in [0, 0.05) is 33.2 Å². The average Bonchev–Trinajstić information content (AvgIpc) is 2.88. The number of halogens is 5. The number of phenols is 1. The molecule has 0 saturated carbocycles. The highest BCUT2D eigenvalue weighted by Crippen LogP contribution is 2.50. The number of benzene rings is 2. The van der Waals surface area contributed by atoms with Crippen LogP contribution in [0.4, 0.5) is 18.9 Å². The Morgan fingerprint density at radius 1 is 1.15 bits per heavy atom. The van der Waals surface area contributed by atoms with Gasteiger partial charge in [-0.05, 0) is 37.3 Å². The zero-order valence-corrected chi connectivity index (χ0v) is 19.0. The molecule has 0 bridgehead atoms. The molecule has 2 N–H and O–H groups in total. The number of hydrogen-bond donors (Lipinski definition) is 2. The number of thioether (sulfide) groups is 1. The van der Waals surface area contributed by atoms with Crippen molar-refractivity contribution >= 4 is 46.4 Å². The molecule has 1 aliphatic heterocycles. The molecule has 2 heterocycles. The third-order valence-corrected chi connectivity index (χ3v) is 6.75. The number of hydrogen-bond acceptors (Lipinski definition) is 6. The van der Waals surface area contributed by atoms with Crippen molar-refractivity contribution in [1.29, 1.82) is 0 Å². The Bertz CT molecular complexity index is 1350. The lowest BCUT2D eigenvalue weighted by Crippen LogP contribution is -2.17. The van der Waals surface area contributed by atoms with E-state index in [0.29, 0.717) is 10.5 Å². The van der Waals surface area contributed by atoms with Crippen LogP contribution in [0.5, 0.6) is 11.5 Å². The summed E-state index contributed by atoms with van der Waals surface area (Å²) in [7, 11) is 0. The van der Waals surface area contributed by atoms with Crippen LogP contribution in [0.3, 0.4) is 0 Å². The Kier molecular flexibility index (Phi) is 6.15. The SMILES string of the molecule is Cc1cc(O)c(C2=Nc3cc(C(F)(F)F)ccc3SC(c3cc(Cl)cc(Cl)c3O)C2)c(=O)o1. The molecule has 0 fully saturated rings. The third-order valence-electron chi connectivity index (χ3n) is 4.94. The van der Waals surface area contributed by atoms with Gasteiger partial charge in [0.25, 0.3) is 0 Å². The summed E-state index contributed by atoms with van der Waals surface area (Å²) >= 11 is 13.3. The molecule has 4 rings (SSSR count). The molecule has 2 aromatic carbocycles. The van der Waals surface area contributed by atoms with E-state index in [1.165, 1.54) is 31.2 Å². The van der Waals surface area contributed by atoms with Crippen LogP contribution in [-0.4, -0.2) is 15.9 Å². The summed E-state index contributed by atoms with van der Waals surface area (Å²) in [5, 5.41) is 20.5. The number of fused-ring (bicyclic) bond motifs is 1. The van der Waals surface area contributed by atoms with Gasteiger partial charge < -0.3 is 14.6 Å². The molecule has 0 saturated heterocycles. The molecule has 0 amide bonds. The third kappa shape index (κ3) is 4.71. The van der Waals surface area contributed by atoms with Gasteiger partial charge in [-0.1, -0.05) is 23.2 Å². The highest BCUT2D eigenvalue weighted by atomic mass is 35.5. The summed E-state index contributed by atoms with van der Waals surface area (Å²) in [5.74, 6) is -0.524. The minimum atomic E-state index is -4.61. The molecule has 0 aliphatic carbocycles. The van der Waals surface area contributed by atoms with Gasteiger partial charge in [-0.15, -0.1) is 11.8 Å². The van der Waals surface area contributed by atoms with Gasteiger partial charge in [0.15, 0.2) is 0 Å². The van der Waals surface area contributed by atoms with Crippen LogP contribution < -0.4 is 5.63 Å². The average molecular weight is 516 g/mol. The van der Waals surface area contributed by atoms with Crippen molar-refractivity contribution in [1.82, 2.24) is 0 Å². The Labute approximate surface area is 199 Å². The van der Waals surface area contributed by atoms with E-state index in [9.17, 15) is 28.2 Å². The number of aliphatic imine (C=N–C) groups is 1.